The van der Waals surface area contributed by atoms with Crippen LogP contribution >= 0.6 is 11.6 Å². The van der Waals surface area contributed by atoms with Gasteiger partial charge in [-0.3, -0.25) is 0 Å². The van der Waals surface area contributed by atoms with E-state index in [9.17, 15) is 9.50 Å². The van der Waals surface area contributed by atoms with E-state index in [1.807, 2.05) is 6.92 Å². The maximum atomic E-state index is 13.7. The van der Waals surface area contributed by atoms with Gasteiger partial charge >= 0.3 is 0 Å². The molecule has 0 heterocycles. The van der Waals surface area contributed by atoms with E-state index in [1.165, 1.54) is 6.07 Å². The summed E-state index contributed by atoms with van der Waals surface area (Å²) in [5.41, 5.74) is -0.304. The van der Waals surface area contributed by atoms with Gasteiger partial charge in [0.1, 0.15) is 5.82 Å². The van der Waals surface area contributed by atoms with Gasteiger partial charge in [-0.15, -0.1) is 0 Å². The Bertz CT molecular complexity index is 380. The average molecular weight is 261 g/mol. The largest absolute Gasteiger partial charge is 0.390 e. The Morgan fingerprint density at radius 1 is 1.47 bits per heavy atom. The molecule has 1 aromatic rings. The summed E-state index contributed by atoms with van der Waals surface area (Å²) < 4.78 is 19.1. The van der Waals surface area contributed by atoms with Crippen LogP contribution in [0.1, 0.15) is 26.3 Å². The van der Waals surface area contributed by atoms with Crippen molar-refractivity contribution >= 4 is 11.6 Å². The molecular formula is C13H18ClFO2. The Labute approximate surface area is 106 Å². The van der Waals surface area contributed by atoms with Crippen molar-refractivity contribution in [2.24, 2.45) is 0 Å². The SMILES string of the molecule is CCOC(C)(C)C(O)Cc1cccc(Cl)c1F. The van der Waals surface area contributed by atoms with E-state index >= 15 is 0 Å². The fourth-order valence-electron chi connectivity index (χ4n) is 1.63. The van der Waals surface area contributed by atoms with Gasteiger partial charge in [0.05, 0.1) is 16.7 Å². The summed E-state index contributed by atoms with van der Waals surface area (Å²) in [4.78, 5) is 0. The van der Waals surface area contributed by atoms with Crippen LogP contribution in [0.15, 0.2) is 18.2 Å². The third-order valence-corrected chi connectivity index (χ3v) is 3.06. The van der Waals surface area contributed by atoms with Crippen LogP contribution in [0, 0.1) is 5.82 Å². The highest BCUT2D eigenvalue weighted by molar-refractivity contribution is 6.30. The van der Waals surface area contributed by atoms with Crippen molar-refractivity contribution in [2.75, 3.05) is 6.61 Å². The Morgan fingerprint density at radius 2 is 2.12 bits per heavy atom. The van der Waals surface area contributed by atoms with Gasteiger partial charge < -0.3 is 9.84 Å². The van der Waals surface area contributed by atoms with Crippen LogP contribution in [-0.2, 0) is 11.2 Å². The summed E-state index contributed by atoms with van der Waals surface area (Å²) in [6.07, 6.45) is -0.602. The van der Waals surface area contributed by atoms with Crippen molar-refractivity contribution in [1.82, 2.24) is 0 Å². The summed E-state index contributed by atoms with van der Waals surface area (Å²) in [6.45, 7) is 5.92. The first-order chi connectivity index (χ1) is 7.88. The molecule has 0 saturated heterocycles. The zero-order chi connectivity index (χ0) is 13.1. The molecule has 1 rings (SSSR count). The number of aliphatic hydroxyl groups is 1. The molecule has 0 bridgehead atoms. The van der Waals surface area contributed by atoms with E-state index in [-0.39, 0.29) is 11.4 Å². The molecule has 0 aliphatic carbocycles. The lowest BCUT2D eigenvalue weighted by atomic mass is 9.94. The topological polar surface area (TPSA) is 29.5 Å². The Hall–Kier alpha value is -0.640. The van der Waals surface area contributed by atoms with E-state index < -0.39 is 17.5 Å². The van der Waals surface area contributed by atoms with Crippen LogP contribution in [0.25, 0.3) is 0 Å². The third-order valence-electron chi connectivity index (χ3n) is 2.76. The minimum absolute atomic E-state index is 0.0731. The van der Waals surface area contributed by atoms with Crippen molar-refractivity contribution in [3.8, 4) is 0 Å². The van der Waals surface area contributed by atoms with Gasteiger partial charge in [-0.1, -0.05) is 23.7 Å². The van der Waals surface area contributed by atoms with Gasteiger partial charge in [0, 0.05) is 13.0 Å². The monoisotopic (exact) mass is 260 g/mol. The summed E-state index contributed by atoms with van der Waals surface area (Å²) in [5.74, 6) is -0.472. The van der Waals surface area contributed by atoms with Gasteiger partial charge in [0.25, 0.3) is 0 Å². The molecule has 0 aliphatic rings. The van der Waals surface area contributed by atoms with Crippen LogP contribution < -0.4 is 0 Å². The number of benzene rings is 1. The summed E-state index contributed by atoms with van der Waals surface area (Å²) in [7, 11) is 0. The molecule has 1 N–H and O–H groups in total. The maximum absolute atomic E-state index is 13.7. The van der Waals surface area contributed by atoms with E-state index in [0.717, 1.165) is 0 Å². The number of aliphatic hydroxyl groups excluding tert-OH is 1. The number of hydrogen-bond donors (Lipinski definition) is 1. The summed E-state index contributed by atoms with van der Waals surface area (Å²) >= 11 is 5.68. The fraction of sp³-hybridized carbons (Fsp3) is 0.538. The van der Waals surface area contributed by atoms with E-state index in [2.05, 4.69) is 0 Å². The van der Waals surface area contributed by atoms with Crippen molar-refractivity contribution in [2.45, 2.75) is 38.9 Å². The predicted octanol–water partition coefficient (Wildman–Crippen LogP) is 3.20. The van der Waals surface area contributed by atoms with Crippen LogP contribution in [-0.4, -0.2) is 23.4 Å². The van der Waals surface area contributed by atoms with E-state index in [1.54, 1.807) is 26.0 Å². The number of hydrogen-bond acceptors (Lipinski definition) is 2. The Balaban J connectivity index is 2.81. The highest BCUT2D eigenvalue weighted by atomic mass is 35.5. The highest BCUT2D eigenvalue weighted by Gasteiger charge is 2.29. The minimum Gasteiger partial charge on any atom is -0.390 e. The molecule has 0 aromatic heterocycles. The molecular weight excluding hydrogens is 243 g/mol. The van der Waals surface area contributed by atoms with E-state index in [0.29, 0.717) is 12.2 Å². The molecule has 0 fully saturated rings. The van der Waals surface area contributed by atoms with Crippen molar-refractivity contribution in [3.63, 3.8) is 0 Å². The molecule has 1 atom stereocenters. The van der Waals surface area contributed by atoms with Crippen LogP contribution in [0.5, 0.6) is 0 Å². The first kappa shape index (κ1) is 14.4. The maximum Gasteiger partial charge on any atom is 0.145 e. The molecule has 0 spiro atoms. The molecule has 4 heteroatoms. The zero-order valence-electron chi connectivity index (χ0n) is 10.3. The molecule has 0 saturated carbocycles. The van der Waals surface area contributed by atoms with Crippen molar-refractivity contribution in [1.29, 1.82) is 0 Å². The molecule has 2 nitrogen and oxygen atoms in total. The summed E-state index contributed by atoms with van der Waals surface area (Å²) in [5, 5.41) is 10.1. The number of rotatable bonds is 5. The van der Waals surface area contributed by atoms with Crippen molar-refractivity contribution in [3.05, 3.63) is 34.6 Å². The van der Waals surface area contributed by atoms with Gasteiger partial charge in [0.15, 0.2) is 0 Å². The number of ether oxygens (including phenoxy) is 1. The van der Waals surface area contributed by atoms with Crippen LogP contribution in [0.3, 0.4) is 0 Å². The Kier molecular flexibility index (Phi) is 4.92. The molecule has 0 aliphatic heterocycles. The van der Waals surface area contributed by atoms with Gasteiger partial charge in [-0.05, 0) is 32.4 Å². The van der Waals surface area contributed by atoms with Gasteiger partial charge in [0.2, 0.25) is 0 Å². The lowest BCUT2D eigenvalue weighted by Crippen LogP contribution is -2.40. The van der Waals surface area contributed by atoms with Crippen LogP contribution in [0.4, 0.5) is 4.39 Å². The standard InChI is InChI=1S/C13H18ClFO2/c1-4-17-13(2,3)11(16)8-9-6-5-7-10(14)12(9)15/h5-7,11,16H,4,8H2,1-3H3. The minimum atomic E-state index is -0.782. The first-order valence-corrected chi connectivity index (χ1v) is 6.01. The highest BCUT2D eigenvalue weighted by Crippen LogP contribution is 2.23. The lowest BCUT2D eigenvalue weighted by Gasteiger charge is -2.30. The van der Waals surface area contributed by atoms with Crippen molar-refractivity contribution < 1.29 is 14.2 Å². The Morgan fingerprint density at radius 3 is 2.71 bits per heavy atom. The molecule has 1 aromatic carbocycles. The molecule has 1 unspecified atom stereocenters. The second kappa shape index (κ2) is 5.80. The van der Waals surface area contributed by atoms with E-state index in [4.69, 9.17) is 16.3 Å². The van der Waals surface area contributed by atoms with Gasteiger partial charge in [-0.2, -0.15) is 0 Å². The average Bonchev–Trinajstić information content (AvgIpc) is 2.24. The summed E-state index contributed by atoms with van der Waals surface area (Å²) in [6, 6.07) is 4.77. The lowest BCUT2D eigenvalue weighted by molar-refractivity contribution is -0.0957. The normalized spacial score (nSPS) is 13.8. The molecule has 0 amide bonds. The fourth-order valence-corrected chi connectivity index (χ4v) is 1.82. The second-order valence-electron chi connectivity index (χ2n) is 4.47. The van der Waals surface area contributed by atoms with Gasteiger partial charge in [-0.25, -0.2) is 4.39 Å². The smallest absolute Gasteiger partial charge is 0.145 e. The number of halogens is 2. The molecule has 0 radical (unpaired) electrons. The predicted molar refractivity (Wildman–Crippen MR) is 66.8 cm³/mol. The molecule has 17 heavy (non-hydrogen) atoms. The second-order valence-corrected chi connectivity index (χ2v) is 4.88. The first-order valence-electron chi connectivity index (χ1n) is 5.63. The van der Waals surface area contributed by atoms with Crippen LogP contribution in [0.2, 0.25) is 5.02 Å². The molecule has 96 valence electrons. The zero-order valence-corrected chi connectivity index (χ0v) is 11.1. The quantitative estimate of drug-likeness (QED) is 0.881. The third kappa shape index (κ3) is 3.66.